The van der Waals surface area contributed by atoms with Crippen molar-refractivity contribution in [1.29, 1.82) is 0 Å². The van der Waals surface area contributed by atoms with E-state index in [1.807, 2.05) is 50.3 Å². The summed E-state index contributed by atoms with van der Waals surface area (Å²) in [6.45, 7) is 15.7. The quantitative estimate of drug-likeness (QED) is 0.149. The smallest absolute Gasteiger partial charge is 0.0482 e. The van der Waals surface area contributed by atoms with Gasteiger partial charge in [-0.25, -0.2) is 0 Å². The third-order valence-corrected chi connectivity index (χ3v) is 11.0. The van der Waals surface area contributed by atoms with Gasteiger partial charge in [-0.3, -0.25) is 0 Å². The summed E-state index contributed by atoms with van der Waals surface area (Å²) >= 11 is 1.86. The summed E-state index contributed by atoms with van der Waals surface area (Å²) in [4.78, 5) is 4.72. The van der Waals surface area contributed by atoms with Crippen molar-refractivity contribution < 1.29 is 0 Å². The number of rotatable bonds is 7. The van der Waals surface area contributed by atoms with Crippen molar-refractivity contribution >= 4 is 65.6 Å². The van der Waals surface area contributed by atoms with Crippen molar-refractivity contribution in [3.8, 4) is 11.1 Å². The maximum atomic E-state index is 3.36. The van der Waals surface area contributed by atoms with Gasteiger partial charge in [0.15, 0.2) is 0 Å². The maximum absolute atomic E-state index is 3.36. The number of fused-ring (bicyclic) bond motifs is 3. The fourth-order valence-electron chi connectivity index (χ4n) is 7.17. The minimum atomic E-state index is 1.10. The number of anilines is 6. The summed E-state index contributed by atoms with van der Waals surface area (Å²) in [5.74, 6) is 0. The topological polar surface area (TPSA) is 6.48 Å². The van der Waals surface area contributed by atoms with Gasteiger partial charge in [0.1, 0.15) is 0 Å². The van der Waals surface area contributed by atoms with Gasteiger partial charge in [-0.2, -0.15) is 0 Å². The molecule has 0 saturated heterocycles. The van der Waals surface area contributed by atoms with Gasteiger partial charge in [-0.15, -0.1) is 17.9 Å². The third kappa shape index (κ3) is 10.1. The molecule has 8 aromatic carbocycles. The van der Waals surface area contributed by atoms with Crippen LogP contribution in [-0.2, 0) is 0 Å². The van der Waals surface area contributed by atoms with E-state index in [1.165, 1.54) is 48.0 Å². The Morgan fingerprint density at radius 3 is 1.41 bits per heavy atom. The monoisotopic (exact) mass is 786 g/mol. The van der Waals surface area contributed by atoms with Crippen LogP contribution in [0, 0.1) is 20.8 Å². The van der Waals surface area contributed by atoms with Crippen LogP contribution >= 0.6 is 11.3 Å². The molecular formula is C56H54N2S. The van der Waals surface area contributed by atoms with Crippen LogP contribution in [0.25, 0.3) is 31.3 Å². The average Bonchev–Trinajstić information content (AvgIpc) is 3.65. The molecule has 0 atom stereocenters. The SMILES string of the molecule is C=CC.CC.Cc1ccccc1.Cc1ccccc1-c1ccc(N(c2cccc(N(c3ccccc3)c3ccccc3)c2)c2ccc3c(c2)sc2ccccc23)cc1C. The zero-order chi connectivity index (χ0) is 41.6. The highest BCUT2D eigenvalue weighted by Crippen LogP contribution is 2.44. The Morgan fingerprint density at radius 2 is 0.831 bits per heavy atom. The van der Waals surface area contributed by atoms with E-state index in [9.17, 15) is 0 Å². The molecule has 294 valence electrons. The molecule has 1 heterocycles. The van der Waals surface area contributed by atoms with Crippen LogP contribution in [0.4, 0.5) is 34.1 Å². The first-order valence-corrected chi connectivity index (χ1v) is 21.2. The van der Waals surface area contributed by atoms with Crippen LogP contribution in [0.15, 0.2) is 213 Å². The molecule has 0 aliphatic heterocycles. The first-order chi connectivity index (χ1) is 28.9. The van der Waals surface area contributed by atoms with Crippen LogP contribution in [0.5, 0.6) is 0 Å². The number of nitrogens with zero attached hydrogens (tertiary/aromatic N) is 2. The van der Waals surface area contributed by atoms with Gasteiger partial charge in [0.05, 0.1) is 0 Å². The minimum Gasteiger partial charge on any atom is -0.310 e. The standard InChI is InChI=1S/C44H34N2S.C7H8.C3H6.C2H6/c1-31-14-9-10-21-39(31)40-26-24-37(28-32(40)2)46(38-25-27-42-41-22-11-12-23-43(41)47-44(42)30-38)36-20-13-19-35(29-36)45(33-15-5-3-6-16-33)34-17-7-4-8-18-34;1-7-5-3-2-4-6-7;1-3-2;1-2/h3-30H,1-2H3;2-6H,1H3;3H,1H2,2H3;1-2H3. The van der Waals surface area contributed by atoms with Crippen LogP contribution in [-0.4, -0.2) is 0 Å². The summed E-state index contributed by atoms with van der Waals surface area (Å²) in [5.41, 5.74) is 13.1. The molecule has 3 heteroatoms. The maximum Gasteiger partial charge on any atom is 0.0482 e. The molecule has 59 heavy (non-hydrogen) atoms. The van der Waals surface area contributed by atoms with Gasteiger partial charge in [0, 0.05) is 54.3 Å². The minimum absolute atomic E-state index is 1.10. The van der Waals surface area contributed by atoms with Crippen molar-refractivity contribution in [2.75, 3.05) is 9.80 Å². The van der Waals surface area contributed by atoms with Crippen molar-refractivity contribution in [2.45, 2.75) is 41.5 Å². The number of hydrogen-bond donors (Lipinski definition) is 0. The number of allylic oxidation sites excluding steroid dienone is 1. The molecule has 0 amide bonds. The van der Waals surface area contributed by atoms with Gasteiger partial charge in [0.25, 0.3) is 0 Å². The zero-order valence-electron chi connectivity index (χ0n) is 35.1. The molecule has 0 radical (unpaired) electrons. The van der Waals surface area contributed by atoms with Crippen molar-refractivity contribution in [2.24, 2.45) is 0 Å². The molecule has 0 saturated carbocycles. The highest BCUT2D eigenvalue weighted by Gasteiger charge is 2.19. The second kappa shape index (κ2) is 20.7. The zero-order valence-corrected chi connectivity index (χ0v) is 36.0. The highest BCUT2D eigenvalue weighted by atomic mass is 32.1. The van der Waals surface area contributed by atoms with Crippen LogP contribution in [0.2, 0.25) is 0 Å². The van der Waals surface area contributed by atoms with E-state index in [4.69, 9.17) is 0 Å². The van der Waals surface area contributed by atoms with Gasteiger partial charge >= 0.3 is 0 Å². The molecule has 9 aromatic rings. The van der Waals surface area contributed by atoms with E-state index < -0.39 is 0 Å². The molecule has 0 spiro atoms. The summed E-state index contributed by atoms with van der Waals surface area (Å²) in [6, 6.07) is 71.5. The van der Waals surface area contributed by atoms with Crippen molar-refractivity contribution in [1.82, 2.24) is 0 Å². The van der Waals surface area contributed by atoms with Gasteiger partial charge < -0.3 is 9.80 Å². The number of para-hydroxylation sites is 2. The Balaban J connectivity index is 0.000000429. The molecule has 0 aliphatic carbocycles. The Labute approximate surface area is 356 Å². The predicted molar refractivity (Wildman–Crippen MR) is 262 cm³/mol. The summed E-state index contributed by atoms with van der Waals surface area (Å²) in [6.07, 6.45) is 1.75. The first-order valence-electron chi connectivity index (χ1n) is 20.4. The molecule has 0 bridgehead atoms. The normalized spacial score (nSPS) is 10.3. The highest BCUT2D eigenvalue weighted by molar-refractivity contribution is 7.25. The largest absolute Gasteiger partial charge is 0.310 e. The number of benzene rings is 8. The van der Waals surface area contributed by atoms with E-state index >= 15 is 0 Å². The lowest BCUT2D eigenvalue weighted by atomic mass is 9.96. The fourth-order valence-corrected chi connectivity index (χ4v) is 8.31. The summed E-state index contributed by atoms with van der Waals surface area (Å²) < 4.78 is 2.60. The first kappa shape index (κ1) is 41.9. The van der Waals surface area contributed by atoms with Crippen molar-refractivity contribution in [3.63, 3.8) is 0 Å². The lowest BCUT2D eigenvalue weighted by Crippen LogP contribution is -2.13. The summed E-state index contributed by atoms with van der Waals surface area (Å²) in [5, 5.41) is 2.61. The van der Waals surface area contributed by atoms with E-state index in [-0.39, 0.29) is 0 Å². The fraction of sp³-hybridized carbons (Fsp3) is 0.107. The molecule has 9 rings (SSSR count). The molecule has 2 nitrogen and oxygen atoms in total. The van der Waals surface area contributed by atoms with E-state index in [0.29, 0.717) is 0 Å². The Hall–Kier alpha value is -6.68. The van der Waals surface area contributed by atoms with Crippen LogP contribution in [0.1, 0.15) is 37.5 Å². The predicted octanol–water partition coefficient (Wildman–Crippen LogP) is 17.5. The molecule has 1 aromatic heterocycles. The van der Waals surface area contributed by atoms with Crippen LogP contribution < -0.4 is 9.80 Å². The third-order valence-electron chi connectivity index (χ3n) is 9.84. The van der Waals surface area contributed by atoms with E-state index in [2.05, 4.69) is 219 Å². The molecule has 0 N–H and O–H groups in total. The van der Waals surface area contributed by atoms with Crippen LogP contribution in [0.3, 0.4) is 0 Å². The van der Waals surface area contributed by atoms with Gasteiger partial charge in [-0.1, -0.05) is 153 Å². The Morgan fingerprint density at radius 1 is 0.390 bits per heavy atom. The Kier molecular flexibility index (Phi) is 14.7. The second-order valence-electron chi connectivity index (χ2n) is 14.0. The molecule has 0 unspecified atom stereocenters. The lowest BCUT2D eigenvalue weighted by Gasteiger charge is -2.30. The summed E-state index contributed by atoms with van der Waals surface area (Å²) in [7, 11) is 0. The number of thiophene rings is 1. The van der Waals surface area contributed by atoms with Gasteiger partial charge in [0.2, 0.25) is 0 Å². The molecular weight excluding hydrogens is 733 g/mol. The average molecular weight is 787 g/mol. The van der Waals surface area contributed by atoms with Crippen molar-refractivity contribution in [3.05, 3.63) is 230 Å². The van der Waals surface area contributed by atoms with E-state index in [1.54, 1.807) is 6.08 Å². The Bertz CT molecular complexity index is 2660. The molecule has 0 aliphatic rings. The van der Waals surface area contributed by atoms with E-state index in [0.717, 1.165) is 34.1 Å². The number of hydrogen-bond acceptors (Lipinski definition) is 3. The number of aryl methyl sites for hydroxylation is 3. The second-order valence-corrected chi connectivity index (χ2v) is 15.1. The lowest BCUT2D eigenvalue weighted by molar-refractivity contribution is 1.25. The van der Waals surface area contributed by atoms with Gasteiger partial charge in [-0.05, 0) is 123 Å². The molecule has 0 fully saturated rings.